The zero-order valence-electron chi connectivity index (χ0n) is 14.7. The molecule has 0 aliphatic heterocycles. The summed E-state index contributed by atoms with van der Waals surface area (Å²) >= 11 is 5.85. The van der Waals surface area contributed by atoms with Crippen molar-refractivity contribution in [2.24, 2.45) is 5.92 Å². The van der Waals surface area contributed by atoms with Crippen LogP contribution in [0.4, 0.5) is 24.8 Å². The van der Waals surface area contributed by atoms with E-state index in [1.807, 2.05) is 13.8 Å². The van der Waals surface area contributed by atoms with Crippen LogP contribution in [-0.2, 0) is 17.5 Å². The van der Waals surface area contributed by atoms with Gasteiger partial charge in [0.2, 0.25) is 5.95 Å². The second kappa shape index (κ2) is 10.7. The van der Waals surface area contributed by atoms with E-state index in [0.717, 1.165) is 0 Å². The number of nitrogens with zero attached hydrogens (tertiary/aromatic N) is 2. The number of hydrogen-bond donors (Lipinski definition) is 3. The molecule has 0 saturated carbocycles. The van der Waals surface area contributed by atoms with Gasteiger partial charge in [-0.2, -0.15) is 13.2 Å². The van der Waals surface area contributed by atoms with Gasteiger partial charge < -0.3 is 15.7 Å². The number of anilines is 2. The highest BCUT2D eigenvalue weighted by atomic mass is 35.5. The molecule has 0 amide bonds. The molecule has 27 heavy (non-hydrogen) atoms. The van der Waals surface area contributed by atoms with Gasteiger partial charge in [0.1, 0.15) is 0 Å². The van der Waals surface area contributed by atoms with Crippen molar-refractivity contribution in [3.05, 3.63) is 46.7 Å². The fourth-order valence-corrected chi connectivity index (χ4v) is 2.22. The summed E-state index contributed by atoms with van der Waals surface area (Å²) in [6.07, 6.45) is -3.36. The number of benzene rings is 1. The first kappa shape index (κ1) is 22.7. The van der Waals surface area contributed by atoms with Crippen LogP contribution in [0.25, 0.3) is 0 Å². The molecule has 1 aromatic heterocycles. The molecule has 0 bridgehead atoms. The zero-order valence-corrected chi connectivity index (χ0v) is 15.5. The maximum Gasteiger partial charge on any atom is 0.433 e. The van der Waals surface area contributed by atoms with Gasteiger partial charge in [0.05, 0.1) is 0 Å². The largest absolute Gasteiger partial charge is 0.483 e. The van der Waals surface area contributed by atoms with E-state index < -0.39 is 11.9 Å². The summed E-state index contributed by atoms with van der Waals surface area (Å²) in [6, 6.07) is 6.59. The van der Waals surface area contributed by atoms with Crippen molar-refractivity contribution in [3.63, 3.8) is 0 Å². The van der Waals surface area contributed by atoms with E-state index in [4.69, 9.17) is 21.5 Å². The summed E-state index contributed by atoms with van der Waals surface area (Å²) in [4.78, 5) is 16.0. The zero-order chi connectivity index (χ0) is 20.4. The van der Waals surface area contributed by atoms with Crippen molar-refractivity contribution in [3.8, 4) is 0 Å². The molecule has 0 spiro atoms. The van der Waals surface area contributed by atoms with Crippen LogP contribution in [0.15, 0.2) is 30.5 Å². The monoisotopic (exact) mass is 404 g/mol. The summed E-state index contributed by atoms with van der Waals surface area (Å²) in [5.74, 6) is 0.209. The molecule has 6 nitrogen and oxygen atoms in total. The molecule has 10 heteroatoms. The SMILES string of the molecule is CC(C)CNCc1cnc(Nc2cccc(Cl)c2)nc1C(F)(F)F.O=CO. The third-order valence-corrected chi connectivity index (χ3v) is 3.32. The third kappa shape index (κ3) is 8.23. The summed E-state index contributed by atoms with van der Waals surface area (Å²) in [7, 11) is 0. The molecule has 3 N–H and O–H groups in total. The topological polar surface area (TPSA) is 87.1 Å². The Kier molecular flexibility index (Phi) is 8.96. The lowest BCUT2D eigenvalue weighted by Crippen LogP contribution is -2.23. The van der Waals surface area contributed by atoms with Gasteiger partial charge in [0, 0.05) is 29.0 Å². The van der Waals surface area contributed by atoms with Gasteiger partial charge in [-0.1, -0.05) is 31.5 Å². The third-order valence-electron chi connectivity index (χ3n) is 3.08. The lowest BCUT2D eigenvalue weighted by molar-refractivity contribution is -0.141. The van der Waals surface area contributed by atoms with Crippen molar-refractivity contribution in [1.82, 2.24) is 15.3 Å². The fourth-order valence-electron chi connectivity index (χ4n) is 2.03. The smallest absolute Gasteiger partial charge is 0.433 e. The minimum atomic E-state index is -4.55. The number of hydrogen-bond acceptors (Lipinski definition) is 5. The van der Waals surface area contributed by atoms with Crippen molar-refractivity contribution in [2.75, 3.05) is 11.9 Å². The molecule has 0 aliphatic rings. The highest BCUT2D eigenvalue weighted by molar-refractivity contribution is 6.30. The van der Waals surface area contributed by atoms with Gasteiger partial charge in [-0.25, -0.2) is 9.97 Å². The van der Waals surface area contributed by atoms with Crippen LogP contribution in [0.1, 0.15) is 25.1 Å². The molecule has 1 aromatic carbocycles. The molecule has 0 unspecified atom stereocenters. The van der Waals surface area contributed by atoms with Crippen molar-refractivity contribution < 1.29 is 23.1 Å². The quantitative estimate of drug-likeness (QED) is 0.621. The number of alkyl halides is 3. The maximum absolute atomic E-state index is 13.3. The standard InChI is InChI=1S/C16H18ClF3N4.CH2O2/c1-10(2)7-21-8-11-9-22-15(24-14(11)16(18,19)20)23-13-5-3-4-12(17)6-13;2-1-3/h3-6,9-10,21H,7-8H2,1-2H3,(H,22,23,24);1H,(H,2,3). The van der Waals surface area contributed by atoms with Gasteiger partial charge in [-0.15, -0.1) is 0 Å². The lowest BCUT2D eigenvalue weighted by Gasteiger charge is -2.14. The Morgan fingerprint density at radius 1 is 1.33 bits per heavy atom. The van der Waals surface area contributed by atoms with Gasteiger partial charge in [0.25, 0.3) is 6.47 Å². The number of aromatic nitrogens is 2. The summed E-state index contributed by atoms with van der Waals surface area (Å²) in [6.45, 7) is 4.38. The average molecular weight is 405 g/mol. The maximum atomic E-state index is 13.3. The first-order chi connectivity index (χ1) is 12.7. The molecule has 1 heterocycles. The van der Waals surface area contributed by atoms with Gasteiger partial charge >= 0.3 is 6.18 Å². The second-order valence-corrected chi connectivity index (χ2v) is 6.27. The summed E-state index contributed by atoms with van der Waals surface area (Å²) in [5.41, 5.74) is -0.417. The minimum Gasteiger partial charge on any atom is -0.483 e. The molecule has 0 atom stereocenters. The Bertz CT molecular complexity index is 742. The van der Waals surface area contributed by atoms with E-state index in [0.29, 0.717) is 23.2 Å². The molecular weight excluding hydrogens is 385 g/mol. The molecular formula is C17H20ClF3N4O2. The first-order valence-electron chi connectivity index (χ1n) is 7.91. The van der Waals surface area contributed by atoms with Crippen LogP contribution < -0.4 is 10.6 Å². The van der Waals surface area contributed by atoms with Gasteiger partial charge in [-0.05, 0) is 30.7 Å². The number of carboxylic acid groups (broad SMARTS) is 1. The first-order valence-corrected chi connectivity index (χ1v) is 8.29. The number of rotatable bonds is 6. The minimum absolute atomic E-state index is 0.0137. The van der Waals surface area contributed by atoms with Crippen LogP contribution in [0.3, 0.4) is 0 Å². The van der Waals surface area contributed by atoms with E-state index in [2.05, 4.69) is 20.6 Å². The summed E-state index contributed by atoms with van der Waals surface area (Å²) < 4.78 is 39.8. The Morgan fingerprint density at radius 3 is 2.56 bits per heavy atom. The molecule has 148 valence electrons. The van der Waals surface area contributed by atoms with Crippen LogP contribution in [0, 0.1) is 5.92 Å². The van der Waals surface area contributed by atoms with E-state index in [-0.39, 0.29) is 24.5 Å². The van der Waals surface area contributed by atoms with E-state index in [1.54, 1.807) is 24.3 Å². The predicted octanol–water partition coefficient (Wildman–Crippen LogP) is 4.34. The van der Waals surface area contributed by atoms with Crippen molar-refractivity contribution in [1.29, 1.82) is 0 Å². The predicted molar refractivity (Wildman–Crippen MR) is 97.0 cm³/mol. The molecule has 0 aliphatic carbocycles. The molecule has 2 aromatic rings. The Hall–Kier alpha value is -2.39. The van der Waals surface area contributed by atoms with Crippen molar-refractivity contribution in [2.45, 2.75) is 26.6 Å². The van der Waals surface area contributed by atoms with Crippen LogP contribution in [0.5, 0.6) is 0 Å². The van der Waals surface area contributed by atoms with Crippen LogP contribution >= 0.6 is 11.6 Å². The lowest BCUT2D eigenvalue weighted by atomic mass is 10.2. The van der Waals surface area contributed by atoms with E-state index >= 15 is 0 Å². The van der Waals surface area contributed by atoms with Crippen molar-refractivity contribution >= 4 is 29.7 Å². The number of nitrogens with one attached hydrogen (secondary N) is 2. The highest BCUT2D eigenvalue weighted by Crippen LogP contribution is 2.31. The molecule has 0 saturated heterocycles. The van der Waals surface area contributed by atoms with Crippen LogP contribution in [0.2, 0.25) is 5.02 Å². The Morgan fingerprint density at radius 2 is 2.00 bits per heavy atom. The van der Waals surface area contributed by atoms with E-state index in [1.165, 1.54) is 6.20 Å². The normalized spacial score (nSPS) is 10.9. The van der Waals surface area contributed by atoms with Crippen LogP contribution in [-0.4, -0.2) is 28.1 Å². The number of halogens is 4. The van der Waals surface area contributed by atoms with E-state index in [9.17, 15) is 13.2 Å². The second-order valence-electron chi connectivity index (χ2n) is 5.83. The highest BCUT2D eigenvalue weighted by Gasteiger charge is 2.36. The Labute approximate surface area is 159 Å². The molecule has 0 fully saturated rings. The fraction of sp³-hybridized carbons (Fsp3) is 0.353. The summed E-state index contributed by atoms with van der Waals surface area (Å²) in [5, 5.41) is 13.1. The Balaban J connectivity index is 0.00000114. The van der Waals surface area contributed by atoms with Gasteiger partial charge in [-0.3, -0.25) is 4.79 Å². The molecule has 2 rings (SSSR count). The average Bonchev–Trinajstić information content (AvgIpc) is 2.55. The number of carbonyl (C=O) groups is 1. The molecule has 0 radical (unpaired) electrons. The van der Waals surface area contributed by atoms with Gasteiger partial charge in [0.15, 0.2) is 5.69 Å².